The van der Waals surface area contributed by atoms with E-state index in [9.17, 15) is 4.79 Å². The van der Waals surface area contributed by atoms with Crippen molar-refractivity contribution in [3.05, 3.63) is 77.0 Å². The number of aromatic amines is 1. The molecule has 2 N–H and O–H groups in total. The van der Waals surface area contributed by atoms with E-state index in [0.717, 1.165) is 35.5 Å². The molecular weight excluding hydrogens is 458 g/mol. The van der Waals surface area contributed by atoms with Crippen LogP contribution < -0.4 is 15.6 Å². The minimum atomic E-state index is -0.179. The van der Waals surface area contributed by atoms with Gasteiger partial charge < -0.3 is 15.0 Å². The van der Waals surface area contributed by atoms with Gasteiger partial charge in [-0.1, -0.05) is 31.0 Å². The van der Waals surface area contributed by atoms with Gasteiger partial charge in [0.25, 0.3) is 5.56 Å². The highest BCUT2D eigenvalue weighted by molar-refractivity contribution is 7.96. The fourth-order valence-electron chi connectivity index (χ4n) is 4.60. The molecule has 0 amide bonds. The average molecular weight is 488 g/mol. The highest BCUT2D eigenvalue weighted by atomic mass is 32.2. The number of benzene rings is 1. The molecule has 3 aromatic heterocycles. The second-order valence-corrected chi connectivity index (χ2v) is 9.96. The number of aromatic nitrogens is 3. The third-order valence-electron chi connectivity index (χ3n) is 6.41. The van der Waals surface area contributed by atoms with Gasteiger partial charge in [-0.05, 0) is 60.0 Å². The van der Waals surface area contributed by atoms with E-state index in [-0.39, 0.29) is 5.56 Å². The lowest BCUT2D eigenvalue weighted by Crippen LogP contribution is -2.27. The SMILES string of the molecule is CCSN1CCC(c2ccc(Nc3nc(-c4cncc(OC)c4)cc4cc[nH]c(=O)c34)cc2)CC1. The van der Waals surface area contributed by atoms with Gasteiger partial charge >= 0.3 is 0 Å². The molecule has 35 heavy (non-hydrogen) atoms. The summed E-state index contributed by atoms with van der Waals surface area (Å²) in [6, 6.07) is 14.2. The van der Waals surface area contributed by atoms with Crippen LogP contribution in [0.25, 0.3) is 22.0 Å². The molecule has 1 aliphatic rings. The van der Waals surface area contributed by atoms with E-state index in [1.165, 1.54) is 18.4 Å². The number of hydrogen-bond donors (Lipinski definition) is 2. The lowest BCUT2D eigenvalue weighted by Gasteiger charge is -2.31. The predicted molar refractivity (Wildman–Crippen MR) is 144 cm³/mol. The molecule has 8 heteroatoms. The molecule has 1 aromatic carbocycles. The van der Waals surface area contributed by atoms with Crippen LogP contribution in [0.2, 0.25) is 0 Å². The molecular formula is C27H29N5O2S. The maximum atomic E-state index is 12.7. The first-order chi connectivity index (χ1) is 17.1. The number of ether oxygens (including phenoxy) is 1. The van der Waals surface area contributed by atoms with Gasteiger partial charge in [-0.2, -0.15) is 0 Å². The zero-order valence-corrected chi connectivity index (χ0v) is 20.8. The number of piperidine rings is 1. The van der Waals surface area contributed by atoms with Crippen molar-refractivity contribution in [2.24, 2.45) is 0 Å². The van der Waals surface area contributed by atoms with Gasteiger partial charge in [0.2, 0.25) is 0 Å². The molecule has 0 atom stereocenters. The van der Waals surface area contributed by atoms with Gasteiger partial charge in [0.05, 0.1) is 24.4 Å². The van der Waals surface area contributed by atoms with Crippen LogP contribution in [-0.4, -0.2) is 45.2 Å². The number of methoxy groups -OCH3 is 1. The number of fused-ring (bicyclic) bond motifs is 1. The first-order valence-electron chi connectivity index (χ1n) is 11.9. The molecule has 0 unspecified atom stereocenters. The molecule has 180 valence electrons. The summed E-state index contributed by atoms with van der Waals surface area (Å²) < 4.78 is 7.80. The van der Waals surface area contributed by atoms with E-state index in [4.69, 9.17) is 9.72 Å². The van der Waals surface area contributed by atoms with Crippen molar-refractivity contribution >= 4 is 34.2 Å². The number of nitrogens with zero attached hydrogens (tertiary/aromatic N) is 3. The molecule has 1 aliphatic heterocycles. The van der Waals surface area contributed by atoms with Gasteiger partial charge in [0.1, 0.15) is 11.6 Å². The van der Waals surface area contributed by atoms with Crippen molar-refractivity contribution in [1.29, 1.82) is 0 Å². The summed E-state index contributed by atoms with van der Waals surface area (Å²) in [6.45, 7) is 4.47. The number of pyridine rings is 3. The van der Waals surface area contributed by atoms with Crippen molar-refractivity contribution in [1.82, 2.24) is 19.3 Å². The van der Waals surface area contributed by atoms with Gasteiger partial charge in [-0.25, -0.2) is 4.98 Å². The van der Waals surface area contributed by atoms with Crippen molar-refractivity contribution < 1.29 is 4.74 Å². The zero-order valence-electron chi connectivity index (χ0n) is 20.0. The molecule has 1 saturated heterocycles. The standard InChI is InChI=1S/C27H29N5O2S/c1-3-35-32-12-9-19(10-13-32)18-4-6-22(7-5-18)30-26-25-20(8-11-29-27(25)33)15-24(31-26)21-14-23(34-2)17-28-16-21/h4-8,11,14-17,19H,3,9-10,12-13H2,1-2H3,(H,29,33)(H,30,31). The number of H-pyrrole nitrogens is 1. The number of anilines is 2. The molecule has 5 rings (SSSR count). The molecule has 0 bridgehead atoms. The highest BCUT2D eigenvalue weighted by Gasteiger charge is 2.20. The van der Waals surface area contributed by atoms with E-state index in [2.05, 4.69) is 50.8 Å². The van der Waals surface area contributed by atoms with Crippen molar-refractivity contribution in [3.8, 4) is 17.0 Å². The molecule has 0 aliphatic carbocycles. The molecule has 1 fully saturated rings. The van der Waals surface area contributed by atoms with Crippen LogP contribution in [0.3, 0.4) is 0 Å². The van der Waals surface area contributed by atoms with E-state index >= 15 is 0 Å². The fourth-order valence-corrected chi connectivity index (χ4v) is 5.43. The summed E-state index contributed by atoms with van der Waals surface area (Å²) in [7, 11) is 1.61. The minimum absolute atomic E-state index is 0.179. The Morgan fingerprint density at radius 3 is 2.69 bits per heavy atom. The molecule has 4 heterocycles. The van der Waals surface area contributed by atoms with Gasteiger partial charge in [-0.3, -0.25) is 14.1 Å². The predicted octanol–water partition coefficient (Wildman–Crippen LogP) is 5.58. The quantitative estimate of drug-likeness (QED) is 0.329. The lowest BCUT2D eigenvalue weighted by atomic mass is 9.90. The number of rotatable bonds is 7. The molecule has 0 radical (unpaired) electrons. The zero-order chi connectivity index (χ0) is 24.2. The van der Waals surface area contributed by atoms with Crippen LogP contribution in [0.1, 0.15) is 31.2 Å². The van der Waals surface area contributed by atoms with Gasteiger partial charge in [0, 0.05) is 42.5 Å². The van der Waals surface area contributed by atoms with Crippen LogP contribution in [-0.2, 0) is 0 Å². The van der Waals surface area contributed by atoms with Crippen molar-refractivity contribution in [3.63, 3.8) is 0 Å². The van der Waals surface area contributed by atoms with E-state index in [1.54, 1.807) is 25.7 Å². The maximum absolute atomic E-state index is 12.7. The Balaban J connectivity index is 1.43. The molecule has 0 saturated carbocycles. The Morgan fingerprint density at radius 1 is 1.14 bits per heavy atom. The second-order valence-electron chi connectivity index (χ2n) is 8.61. The van der Waals surface area contributed by atoms with Crippen LogP contribution in [0.15, 0.2) is 65.8 Å². The Hall–Kier alpha value is -3.36. The summed E-state index contributed by atoms with van der Waals surface area (Å²) >= 11 is 1.93. The summed E-state index contributed by atoms with van der Waals surface area (Å²) in [6.07, 6.45) is 7.41. The number of hydrogen-bond acceptors (Lipinski definition) is 7. The molecule has 0 spiro atoms. The van der Waals surface area contributed by atoms with Crippen LogP contribution in [0.5, 0.6) is 5.75 Å². The third-order valence-corrected chi connectivity index (χ3v) is 7.40. The summed E-state index contributed by atoms with van der Waals surface area (Å²) in [5.74, 6) is 2.88. The monoisotopic (exact) mass is 487 g/mol. The minimum Gasteiger partial charge on any atom is -0.495 e. The van der Waals surface area contributed by atoms with Gasteiger partial charge in [-0.15, -0.1) is 0 Å². The summed E-state index contributed by atoms with van der Waals surface area (Å²) in [5, 5.41) is 4.71. The number of nitrogens with one attached hydrogen (secondary N) is 2. The van der Waals surface area contributed by atoms with Crippen LogP contribution in [0, 0.1) is 0 Å². The second kappa shape index (κ2) is 10.5. The Morgan fingerprint density at radius 2 is 1.94 bits per heavy atom. The third kappa shape index (κ3) is 5.18. The van der Waals surface area contributed by atoms with E-state index in [0.29, 0.717) is 28.6 Å². The first kappa shape index (κ1) is 23.4. The topological polar surface area (TPSA) is 83.1 Å². The Bertz CT molecular complexity index is 1360. The highest BCUT2D eigenvalue weighted by Crippen LogP contribution is 2.33. The molecule has 4 aromatic rings. The maximum Gasteiger partial charge on any atom is 0.259 e. The normalized spacial score (nSPS) is 14.8. The first-order valence-corrected chi connectivity index (χ1v) is 12.9. The van der Waals surface area contributed by atoms with Crippen molar-refractivity contribution in [2.75, 3.05) is 31.3 Å². The van der Waals surface area contributed by atoms with Crippen LogP contribution in [0.4, 0.5) is 11.5 Å². The molecule has 7 nitrogen and oxygen atoms in total. The van der Waals surface area contributed by atoms with E-state index in [1.807, 2.05) is 30.1 Å². The average Bonchev–Trinajstić information content (AvgIpc) is 2.90. The smallest absolute Gasteiger partial charge is 0.259 e. The van der Waals surface area contributed by atoms with Crippen molar-refractivity contribution in [2.45, 2.75) is 25.7 Å². The van der Waals surface area contributed by atoms with Gasteiger partial charge in [0.15, 0.2) is 0 Å². The largest absolute Gasteiger partial charge is 0.495 e. The fraction of sp³-hybridized carbons (Fsp3) is 0.296. The Kier molecular flexibility index (Phi) is 7.01. The summed E-state index contributed by atoms with van der Waals surface area (Å²) in [5.41, 5.74) is 3.61. The lowest BCUT2D eigenvalue weighted by molar-refractivity contribution is 0.346. The van der Waals surface area contributed by atoms with Crippen LogP contribution >= 0.6 is 11.9 Å². The van der Waals surface area contributed by atoms with E-state index < -0.39 is 0 Å². The Labute approximate surface area is 209 Å². The summed E-state index contributed by atoms with van der Waals surface area (Å²) in [4.78, 5) is 24.5.